The molecule has 0 unspecified atom stereocenters. The summed E-state index contributed by atoms with van der Waals surface area (Å²) in [6.45, 7) is 0. The lowest BCUT2D eigenvalue weighted by molar-refractivity contribution is -0.385. The van der Waals surface area contributed by atoms with Crippen LogP contribution in [0.3, 0.4) is 0 Å². The number of aromatic hydroxyl groups is 1. The lowest BCUT2D eigenvalue weighted by Crippen LogP contribution is -2.03. The molecule has 0 fully saturated rings. The van der Waals surface area contributed by atoms with Crippen molar-refractivity contribution < 1.29 is 23.0 Å². The van der Waals surface area contributed by atoms with Gasteiger partial charge in [-0.15, -0.1) is 0 Å². The van der Waals surface area contributed by atoms with E-state index in [2.05, 4.69) is 0 Å². The number of phenolic OH excluding ortho intramolecular Hbond substituents is 1. The second-order valence-electron chi connectivity index (χ2n) is 2.92. The van der Waals surface area contributed by atoms with Crippen LogP contribution in [0.25, 0.3) is 0 Å². The van der Waals surface area contributed by atoms with Crippen molar-refractivity contribution in [1.82, 2.24) is 0 Å². The molecular formula is C7H6INO6S. The van der Waals surface area contributed by atoms with Crippen LogP contribution in [0.15, 0.2) is 12.1 Å². The Bertz CT molecular complexity index is 540. The van der Waals surface area contributed by atoms with Gasteiger partial charge in [-0.1, -0.05) is 0 Å². The normalized spacial score (nSPS) is 11.4. The average molecular weight is 359 g/mol. The van der Waals surface area contributed by atoms with Crippen LogP contribution in [0.2, 0.25) is 0 Å². The Labute approximate surface area is 104 Å². The molecule has 0 amide bonds. The summed E-state index contributed by atoms with van der Waals surface area (Å²) in [4.78, 5) is 9.78. The summed E-state index contributed by atoms with van der Waals surface area (Å²) in [5.74, 6) is -1.25. The number of phenols is 1. The Balaban J connectivity index is 3.33. The van der Waals surface area contributed by atoms with Crippen molar-refractivity contribution in [2.24, 2.45) is 0 Å². The molecule has 0 aliphatic carbocycles. The van der Waals surface area contributed by atoms with Crippen molar-refractivity contribution in [1.29, 1.82) is 0 Å². The van der Waals surface area contributed by atoms with Crippen LogP contribution in [-0.2, 0) is 15.9 Å². The molecule has 1 aromatic rings. The predicted molar refractivity (Wildman–Crippen MR) is 62.7 cm³/mol. The third kappa shape index (κ3) is 3.28. The maximum Gasteiger partial charge on any atom is 0.271 e. The van der Waals surface area contributed by atoms with E-state index in [-0.39, 0.29) is 20.6 Å². The van der Waals surface area contributed by atoms with E-state index in [4.69, 9.17) is 4.55 Å². The number of nitro groups is 1. The van der Waals surface area contributed by atoms with Gasteiger partial charge in [0, 0.05) is 17.7 Å². The Morgan fingerprint density at radius 2 is 2.00 bits per heavy atom. The molecule has 0 atom stereocenters. The van der Waals surface area contributed by atoms with Gasteiger partial charge < -0.3 is 5.11 Å². The van der Waals surface area contributed by atoms with E-state index in [1.165, 1.54) is 0 Å². The van der Waals surface area contributed by atoms with E-state index >= 15 is 0 Å². The molecule has 1 aromatic carbocycles. The fourth-order valence-electron chi connectivity index (χ4n) is 1.05. The zero-order valence-electron chi connectivity index (χ0n) is 7.62. The highest BCUT2D eigenvalue weighted by Gasteiger charge is 2.18. The molecule has 0 saturated heterocycles. The van der Waals surface area contributed by atoms with Crippen molar-refractivity contribution in [3.8, 4) is 5.75 Å². The first-order valence-corrected chi connectivity index (χ1v) is 6.50. The Kier molecular flexibility index (Phi) is 3.70. The standard InChI is InChI=1S/C7H6INO6S/c8-6-2-5(9(11)12)1-4(7(6)10)3-16(13,14)15/h1-2,10H,3H2,(H,13,14,15). The minimum absolute atomic E-state index is 0.144. The molecule has 16 heavy (non-hydrogen) atoms. The lowest BCUT2D eigenvalue weighted by atomic mass is 10.2. The number of halogens is 1. The van der Waals surface area contributed by atoms with Crippen LogP contribution in [-0.4, -0.2) is 23.0 Å². The molecule has 9 heteroatoms. The van der Waals surface area contributed by atoms with E-state index in [1.807, 2.05) is 0 Å². The highest BCUT2D eigenvalue weighted by molar-refractivity contribution is 14.1. The second kappa shape index (κ2) is 4.51. The number of benzene rings is 1. The average Bonchev–Trinajstić information content (AvgIpc) is 2.10. The monoisotopic (exact) mass is 359 g/mol. The van der Waals surface area contributed by atoms with E-state index in [1.54, 1.807) is 22.6 Å². The van der Waals surface area contributed by atoms with Gasteiger partial charge in [0.05, 0.1) is 8.49 Å². The molecule has 0 bridgehead atoms. The molecule has 0 aliphatic rings. The number of non-ortho nitro benzene ring substituents is 1. The summed E-state index contributed by atoms with van der Waals surface area (Å²) in [5.41, 5.74) is -0.554. The number of nitro benzene ring substituents is 1. The third-order valence-electron chi connectivity index (χ3n) is 1.68. The number of hydrogen-bond acceptors (Lipinski definition) is 5. The number of nitrogens with zero attached hydrogens (tertiary/aromatic N) is 1. The summed E-state index contributed by atoms with van der Waals surface area (Å²) in [7, 11) is -4.34. The highest BCUT2D eigenvalue weighted by atomic mass is 127. The molecule has 0 aromatic heterocycles. The zero-order chi connectivity index (χ0) is 12.5. The SMILES string of the molecule is O=[N+]([O-])c1cc(I)c(O)c(CS(=O)(=O)O)c1. The van der Waals surface area contributed by atoms with Crippen LogP contribution in [0, 0.1) is 13.7 Å². The van der Waals surface area contributed by atoms with Crippen molar-refractivity contribution in [2.75, 3.05) is 0 Å². The van der Waals surface area contributed by atoms with Gasteiger partial charge in [-0.05, 0) is 22.6 Å². The molecule has 0 heterocycles. The van der Waals surface area contributed by atoms with E-state index in [0.29, 0.717) is 0 Å². The van der Waals surface area contributed by atoms with Crippen molar-refractivity contribution in [3.63, 3.8) is 0 Å². The van der Waals surface area contributed by atoms with Crippen molar-refractivity contribution in [2.45, 2.75) is 5.75 Å². The summed E-state index contributed by atoms with van der Waals surface area (Å²) < 4.78 is 30.0. The van der Waals surface area contributed by atoms with E-state index < -0.39 is 20.8 Å². The predicted octanol–water partition coefficient (Wildman–Crippen LogP) is 1.29. The van der Waals surface area contributed by atoms with E-state index in [9.17, 15) is 23.6 Å². The molecule has 88 valence electrons. The topological polar surface area (TPSA) is 118 Å². The van der Waals surface area contributed by atoms with Gasteiger partial charge >= 0.3 is 0 Å². The summed E-state index contributed by atoms with van der Waals surface area (Å²) >= 11 is 1.63. The first-order valence-electron chi connectivity index (χ1n) is 3.81. The Morgan fingerprint density at radius 1 is 1.44 bits per heavy atom. The van der Waals surface area contributed by atoms with Gasteiger partial charge in [-0.25, -0.2) is 0 Å². The maximum atomic E-state index is 10.6. The number of rotatable bonds is 3. The number of hydrogen-bond donors (Lipinski definition) is 2. The van der Waals surface area contributed by atoms with Crippen LogP contribution < -0.4 is 0 Å². The second-order valence-corrected chi connectivity index (χ2v) is 5.53. The fourth-order valence-corrected chi connectivity index (χ4v) is 2.33. The molecule has 0 aliphatic heterocycles. The molecule has 2 N–H and O–H groups in total. The molecule has 1 rings (SSSR count). The molecule has 7 nitrogen and oxygen atoms in total. The molecule has 0 radical (unpaired) electrons. The highest BCUT2D eigenvalue weighted by Crippen LogP contribution is 2.30. The van der Waals surface area contributed by atoms with Crippen LogP contribution in [0.1, 0.15) is 5.56 Å². The quantitative estimate of drug-likeness (QED) is 0.364. The lowest BCUT2D eigenvalue weighted by Gasteiger charge is -2.04. The van der Waals surface area contributed by atoms with Crippen molar-refractivity contribution in [3.05, 3.63) is 31.4 Å². The van der Waals surface area contributed by atoms with Gasteiger partial charge in [0.1, 0.15) is 11.5 Å². The van der Waals surface area contributed by atoms with Crippen LogP contribution in [0.5, 0.6) is 5.75 Å². The minimum atomic E-state index is -4.34. The first-order chi connectivity index (χ1) is 7.20. The largest absolute Gasteiger partial charge is 0.507 e. The van der Waals surface area contributed by atoms with Crippen molar-refractivity contribution >= 4 is 38.4 Å². The Morgan fingerprint density at radius 3 is 2.44 bits per heavy atom. The van der Waals surface area contributed by atoms with Gasteiger partial charge in [0.15, 0.2) is 0 Å². The zero-order valence-corrected chi connectivity index (χ0v) is 10.6. The van der Waals surface area contributed by atoms with Gasteiger partial charge in [-0.2, -0.15) is 8.42 Å². The van der Waals surface area contributed by atoms with Gasteiger partial charge in [0.2, 0.25) is 0 Å². The van der Waals surface area contributed by atoms with Crippen LogP contribution in [0.4, 0.5) is 5.69 Å². The maximum absolute atomic E-state index is 10.6. The third-order valence-corrected chi connectivity index (χ3v) is 3.17. The molecular weight excluding hydrogens is 353 g/mol. The summed E-state index contributed by atoms with van der Waals surface area (Å²) in [5, 5.41) is 20.0. The summed E-state index contributed by atoms with van der Waals surface area (Å²) in [6, 6.07) is 2.01. The molecule has 0 saturated carbocycles. The van der Waals surface area contributed by atoms with Gasteiger partial charge in [-0.3, -0.25) is 14.7 Å². The van der Waals surface area contributed by atoms with Crippen LogP contribution >= 0.6 is 22.6 Å². The molecule has 0 spiro atoms. The van der Waals surface area contributed by atoms with Gasteiger partial charge in [0.25, 0.3) is 15.8 Å². The van der Waals surface area contributed by atoms with E-state index in [0.717, 1.165) is 12.1 Å². The first kappa shape index (κ1) is 13.1. The fraction of sp³-hybridized carbons (Fsp3) is 0.143. The smallest absolute Gasteiger partial charge is 0.271 e. The minimum Gasteiger partial charge on any atom is -0.507 e. The summed E-state index contributed by atoms with van der Waals surface area (Å²) in [6.07, 6.45) is 0. The Hall–Kier alpha value is -0.940.